The van der Waals surface area contributed by atoms with Gasteiger partial charge in [0.05, 0.1) is 17.7 Å². The monoisotopic (exact) mass is 311 g/mol. The van der Waals surface area contributed by atoms with Crippen molar-refractivity contribution in [2.45, 2.75) is 38.0 Å². The topological polar surface area (TPSA) is 58.6 Å². The molecular weight excluding hydrogens is 290 g/mol. The molecule has 1 saturated carbocycles. The highest BCUT2D eigenvalue weighted by Crippen LogP contribution is 2.22. The number of carbonyl (C=O) groups excluding carboxylic acids is 1. The Hall–Kier alpha value is -2.33. The largest absolute Gasteiger partial charge is 0.488 e. The normalized spacial score (nSPS) is 20.2. The number of ether oxygens (including phenoxy) is 1. The zero-order valence-corrected chi connectivity index (χ0v) is 12.9. The van der Waals surface area contributed by atoms with Crippen LogP contribution in [0.25, 0.3) is 0 Å². The summed E-state index contributed by atoms with van der Waals surface area (Å²) >= 11 is 0. The van der Waals surface area contributed by atoms with Crippen LogP contribution in [0.5, 0.6) is 5.75 Å². The summed E-state index contributed by atoms with van der Waals surface area (Å²) in [4.78, 5) is 12.5. The van der Waals surface area contributed by atoms with E-state index in [-0.39, 0.29) is 11.9 Å². The molecule has 2 N–H and O–H groups in total. The maximum absolute atomic E-state index is 12.5. The Bertz CT molecular complexity index is 657. The Morgan fingerprint density at radius 3 is 2.57 bits per heavy atom. The summed E-state index contributed by atoms with van der Waals surface area (Å²) in [7, 11) is 0. The number of carbonyl (C=O) groups is 1. The lowest BCUT2D eigenvalue weighted by Gasteiger charge is -2.18. The molecule has 2 aromatic carbocycles. The van der Waals surface area contributed by atoms with E-state index in [1.807, 2.05) is 42.5 Å². The van der Waals surface area contributed by atoms with Gasteiger partial charge in [-0.2, -0.15) is 0 Å². The summed E-state index contributed by atoms with van der Waals surface area (Å²) in [6.45, 7) is 0.414. The Balaban J connectivity index is 1.68. The van der Waals surface area contributed by atoms with Gasteiger partial charge < -0.3 is 15.2 Å². The molecule has 1 aliphatic carbocycles. The average molecular weight is 311 g/mol. The van der Waals surface area contributed by atoms with Crippen molar-refractivity contribution in [3.63, 3.8) is 0 Å². The summed E-state index contributed by atoms with van der Waals surface area (Å²) in [6, 6.07) is 16.9. The van der Waals surface area contributed by atoms with Gasteiger partial charge in [-0.05, 0) is 37.0 Å². The maximum atomic E-state index is 12.5. The highest BCUT2D eigenvalue weighted by Gasteiger charge is 2.27. The van der Waals surface area contributed by atoms with Crippen molar-refractivity contribution < 1.29 is 14.6 Å². The Morgan fingerprint density at radius 1 is 1.09 bits per heavy atom. The van der Waals surface area contributed by atoms with Gasteiger partial charge in [0.25, 0.3) is 5.91 Å². The molecule has 0 heterocycles. The molecular formula is C19H21NO3. The fourth-order valence-electron chi connectivity index (χ4n) is 2.87. The van der Waals surface area contributed by atoms with E-state index < -0.39 is 6.10 Å². The van der Waals surface area contributed by atoms with Crippen molar-refractivity contribution in [3.8, 4) is 5.75 Å². The first-order chi connectivity index (χ1) is 11.2. The number of amides is 1. The second kappa shape index (κ2) is 7.29. The van der Waals surface area contributed by atoms with E-state index in [9.17, 15) is 9.90 Å². The van der Waals surface area contributed by atoms with Gasteiger partial charge in [-0.1, -0.05) is 42.5 Å². The lowest BCUT2D eigenvalue weighted by molar-refractivity contribution is 0.0869. The molecule has 1 amide bonds. The fourth-order valence-corrected chi connectivity index (χ4v) is 2.87. The van der Waals surface area contributed by atoms with Crippen LogP contribution in [0.1, 0.15) is 35.2 Å². The van der Waals surface area contributed by atoms with Gasteiger partial charge in [-0.15, -0.1) is 0 Å². The zero-order chi connectivity index (χ0) is 16.1. The zero-order valence-electron chi connectivity index (χ0n) is 12.9. The van der Waals surface area contributed by atoms with Crippen LogP contribution >= 0.6 is 0 Å². The predicted octanol–water partition coefficient (Wildman–Crippen LogP) is 2.91. The number of nitrogens with one attached hydrogen (secondary N) is 1. The smallest absolute Gasteiger partial charge is 0.255 e. The fraction of sp³-hybridized carbons (Fsp3) is 0.316. The van der Waals surface area contributed by atoms with Crippen LogP contribution in [-0.2, 0) is 6.61 Å². The minimum Gasteiger partial charge on any atom is -0.488 e. The molecule has 3 rings (SSSR count). The van der Waals surface area contributed by atoms with Crippen molar-refractivity contribution >= 4 is 5.91 Å². The SMILES string of the molecule is O=C(N[C@@H]1CCC[C@H]1O)c1ccccc1OCc1ccccc1. The van der Waals surface area contributed by atoms with Crippen LogP contribution in [0.4, 0.5) is 0 Å². The molecule has 0 bridgehead atoms. The third kappa shape index (κ3) is 3.90. The Labute approximate surface area is 136 Å². The Morgan fingerprint density at radius 2 is 1.83 bits per heavy atom. The van der Waals surface area contributed by atoms with Gasteiger partial charge in [-0.3, -0.25) is 4.79 Å². The summed E-state index contributed by atoms with van der Waals surface area (Å²) in [5, 5.41) is 12.8. The van der Waals surface area contributed by atoms with Crippen molar-refractivity contribution in [3.05, 3.63) is 65.7 Å². The molecule has 4 nitrogen and oxygen atoms in total. The van der Waals surface area contributed by atoms with Gasteiger partial charge in [-0.25, -0.2) is 0 Å². The van der Waals surface area contributed by atoms with E-state index in [1.165, 1.54) is 0 Å². The lowest BCUT2D eigenvalue weighted by atomic mass is 10.1. The molecule has 0 saturated heterocycles. The number of hydrogen-bond acceptors (Lipinski definition) is 3. The van der Waals surface area contributed by atoms with Gasteiger partial charge >= 0.3 is 0 Å². The first-order valence-electron chi connectivity index (χ1n) is 7.99. The molecule has 0 spiro atoms. The van der Waals surface area contributed by atoms with Crippen molar-refractivity contribution in [2.75, 3.05) is 0 Å². The van der Waals surface area contributed by atoms with Gasteiger partial charge in [0.2, 0.25) is 0 Å². The number of hydrogen-bond donors (Lipinski definition) is 2. The summed E-state index contributed by atoms with van der Waals surface area (Å²) in [6.07, 6.45) is 2.06. The molecule has 1 fully saturated rings. The van der Waals surface area contributed by atoms with E-state index in [0.717, 1.165) is 24.8 Å². The lowest BCUT2D eigenvalue weighted by Crippen LogP contribution is -2.39. The molecule has 0 aliphatic heterocycles. The van der Waals surface area contributed by atoms with Crippen molar-refractivity contribution in [1.82, 2.24) is 5.32 Å². The molecule has 120 valence electrons. The third-order valence-corrected chi connectivity index (χ3v) is 4.16. The van der Waals surface area contributed by atoms with Crippen LogP contribution in [0.2, 0.25) is 0 Å². The van der Waals surface area contributed by atoms with Crippen molar-refractivity contribution in [1.29, 1.82) is 0 Å². The summed E-state index contributed by atoms with van der Waals surface area (Å²) in [5.41, 5.74) is 1.55. The summed E-state index contributed by atoms with van der Waals surface area (Å²) < 4.78 is 5.81. The third-order valence-electron chi connectivity index (χ3n) is 4.16. The molecule has 2 aromatic rings. The highest BCUT2D eigenvalue weighted by molar-refractivity contribution is 5.97. The quantitative estimate of drug-likeness (QED) is 0.892. The average Bonchev–Trinajstić information content (AvgIpc) is 2.99. The minimum absolute atomic E-state index is 0.162. The second-order valence-electron chi connectivity index (χ2n) is 5.85. The Kier molecular flexibility index (Phi) is 4.93. The predicted molar refractivity (Wildman–Crippen MR) is 88.3 cm³/mol. The van der Waals surface area contributed by atoms with Crippen LogP contribution in [0.15, 0.2) is 54.6 Å². The minimum atomic E-state index is -0.448. The highest BCUT2D eigenvalue weighted by atomic mass is 16.5. The van der Waals surface area contributed by atoms with E-state index in [0.29, 0.717) is 17.9 Å². The molecule has 0 aromatic heterocycles. The van der Waals surface area contributed by atoms with E-state index in [2.05, 4.69) is 5.32 Å². The molecule has 0 radical (unpaired) electrons. The van der Waals surface area contributed by atoms with Gasteiger partial charge in [0, 0.05) is 0 Å². The van der Waals surface area contributed by atoms with E-state index in [1.54, 1.807) is 12.1 Å². The first-order valence-corrected chi connectivity index (χ1v) is 7.99. The van der Waals surface area contributed by atoms with Gasteiger partial charge in [0.15, 0.2) is 0 Å². The molecule has 23 heavy (non-hydrogen) atoms. The number of para-hydroxylation sites is 1. The first kappa shape index (κ1) is 15.6. The van der Waals surface area contributed by atoms with E-state index >= 15 is 0 Å². The molecule has 0 unspecified atom stereocenters. The maximum Gasteiger partial charge on any atom is 0.255 e. The number of benzene rings is 2. The number of aliphatic hydroxyl groups is 1. The molecule has 4 heteroatoms. The van der Waals surface area contributed by atoms with E-state index in [4.69, 9.17) is 4.74 Å². The second-order valence-corrected chi connectivity index (χ2v) is 5.85. The van der Waals surface area contributed by atoms with Crippen LogP contribution in [-0.4, -0.2) is 23.2 Å². The molecule has 2 atom stereocenters. The summed E-state index contributed by atoms with van der Waals surface area (Å²) in [5.74, 6) is 0.362. The van der Waals surface area contributed by atoms with Crippen molar-refractivity contribution in [2.24, 2.45) is 0 Å². The van der Waals surface area contributed by atoms with Crippen LogP contribution in [0, 0.1) is 0 Å². The molecule has 1 aliphatic rings. The standard InChI is InChI=1S/C19H21NO3/c21-17-11-6-10-16(17)20-19(22)15-9-4-5-12-18(15)23-13-14-7-2-1-3-8-14/h1-5,7-9,12,16-17,21H,6,10-11,13H2,(H,20,22)/t16-,17-/m1/s1. The van der Waals surface area contributed by atoms with Crippen LogP contribution < -0.4 is 10.1 Å². The number of aliphatic hydroxyl groups excluding tert-OH is 1. The van der Waals surface area contributed by atoms with Crippen LogP contribution in [0.3, 0.4) is 0 Å². The number of rotatable bonds is 5. The van der Waals surface area contributed by atoms with Gasteiger partial charge in [0.1, 0.15) is 12.4 Å².